The predicted molar refractivity (Wildman–Crippen MR) is 114 cm³/mol. The minimum absolute atomic E-state index is 0.0184. The highest BCUT2D eigenvalue weighted by Gasteiger charge is 2.62. The minimum atomic E-state index is -0.612. The van der Waals surface area contributed by atoms with E-state index in [2.05, 4.69) is 0 Å². The molecule has 2 aromatic carbocycles. The van der Waals surface area contributed by atoms with Crippen LogP contribution in [-0.4, -0.2) is 35.8 Å². The topological polar surface area (TPSA) is 59.0 Å². The SMILES string of the molecule is COc1ccc(/C=C/C(O)=C2/C(=O)N(C)C34CCCC3C2c2ccccc2O4)cc1. The Bertz CT molecular complexity index is 1060. The number of likely N-dealkylation sites (N-methyl/N-ethyl adjacent to an activating group) is 1. The molecule has 5 heteroatoms. The van der Waals surface area contributed by atoms with Crippen LogP contribution in [0.3, 0.4) is 0 Å². The van der Waals surface area contributed by atoms with Gasteiger partial charge < -0.3 is 19.5 Å². The highest BCUT2D eigenvalue weighted by atomic mass is 16.5. The molecule has 0 spiro atoms. The summed E-state index contributed by atoms with van der Waals surface area (Å²) in [7, 11) is 3.42. The summed E-state index contributed by atoms with van der Waals surface area (Å²) in [5.41, 5.74) is 1.75. The number of ether oxygens (including phenoxy) is 2. The fraction of sp³-hybridized carbons (Fsp3) is 0.320. The van der Waals surface area contributed by atoms with Crippen LogP contribution in [0, 0.1) is 5.92 Å². The minimum Gasteiger partial charge on any atom is -0.507 e. The van der Waals surface area contributed by atoms with Crippen molar-refractivity contribution in [1.82, 2.24) is 4.90 Å². The van der Waals surface area contributed by atoms with E-state index in [0.29, 0.717) is 5.57 Å². The van der Waals surface area contributed by atoms with E-state index in [1.54, 1.807) is 25.1 Å². The Morgan fingerprint density at radius 2 is 2.00 bits per heavy atom. The molecule has 1 N–H and O–H groups in total. The lowest BCUT2D eigenvalue weighted by Crippen LogP contribution is -2.64. The van der Waals surface area contributed by atoms with Crippen molar-refractivity contribution in [3.63, 3.8) is 0 Å². The number of fused-ring (bicyclic) bond motifs is 2. The van der Waals surface area contributed by atoms with Gasteiger partial charge in [-0.25, -0.2) is 0 Å². The van der Waals surface area contributed by atoms with E-state index >= 15 is 0 Å². The Kier molecular flexibility index (Phi) is 4.35. The normalized spacial score (nSPS) is 28.7. The third kappa shape index (κ3) is 2.65. The first-order chi connectivity index (χ1) is 14.5. The van der Waals surface area contributed by atoms with Gasteiger partial charge in [-0.05, 0) is 42.7 Å². The predicted octanol–water partition coefficient (Wildman–Crippen LogP) is 4.67. The van der Waals surface area contributed by atoms with Crippen LogP contribution in [0.2, 0.25) is 0 Å². The Morgan fingerprint density at radius 1 is 1.23 bits per heavy atom. The summed E-state index contributed by atoms with van der Waals surface area (Å²) in [6.45, 7) is 0. The molecule has 1 aliphatic carbocycles. The molecule has 154 valence electrons. The second-order valence-corrected chi connectivity index (χ2v) is 8.23. The number of piperidine rings is 1. The zero-order valence-electron chi connectivity index (χ0n) is 17.2. The van der Waals surface area contributed by atoms with Gasteiger partial charge in [0.2, 0.25) is 0 Å². The second kappa shape index (κ2) is 6.94. The monoisotopic (exact) mass is 403 g/mol. The molecular weight excluding hydrogens is 378 g/mol. The fourth-order valence-electron chi connectivity index (χ4n) is 5.35. The van der Waals surface area contributed by atoms with Crippen LogP contribution in [0.5, 0.6) is 11.5 Å². The number of para-hydroxylation sites is 1. The van der Waals surface area contributed by atoms with E-state index in [1.165, 1.54) is 0 Å². The van der Waals surface area contributed by atoms with Crippen molar-refractivity contribution in [1.29, 1.82) is 0 Å². The summed E-state index contributed by atoms with van der Waals surface area (Å²) < 4.78 is 11.6. The van der Waals surface area contributed by atoms with Crippen LogP contribution in [0.25, 0.3) is 6.08 Å². The van der Waals surface area contributed by atoms with Crippen molar-refractivity contribution >= 4 is 12.0 Å². The molecule has 2 heterocycles. The van der Waals surface area contributed by atoms with Crippen molar-refractivity contribution in [3.05, 3.63) is 77.1 Å². The molecule has 5 rings (SSSR count). The van der Waals surface area contributed by atoms with Crippen LogP contribution in [0.15, 0.2) is 65.9 Å². The molecular formula is C25H25NO4. The lowest BCUT2D eigenvalue weighted by molar-refractivity contribution is -0.166. The molecule has 5 nitrogen and oxygen atoms in total. The zero-order chi connectivity index (χ0) is 20.9. The molecule has 2 fully saturated rings. The third-order valence-corrected chi connectivity index (χ3v) is 6.81. The fourth-order valence-corrected chi connectivity index (χ4v) is 5.35. The van der Waals surface area contributed by atoms with Crippen molar-refractivity contribution in [3.8, 4) is 11.5 Å². The van der Waals surface area contributed by atoms with Crippen molar-refractivity contribution < 1.29 is 19.4 Å². The average molecular weight is 403 g/mol. The molecule has 2 bridgehead atoms. The maximum absolute atomic E-state index is 13.4. The van der Waals surface area contributed by atoms with Crippen LogP contribution < -0.4 is 9.47 Å². The van der Waals surface area contributed by atoms with E-state index in [-0.39, 0.29) is 23.5 Å². The number of hydrogen-bond acceptors (Lipinski definition) is 4. The van der Waals surface area contributed by atoms with Gasteiger partial charge in [0.25, 0.3) is 5.91 Å². The number of nitrogens with zero attached hydrogens (tertiary/aromatic N) is 1. The number of amides is 1. The number of carbonyl (C=O) groups excluding carboxylic acids is 1. The number of aliphatic hydroxyl groups excluding tert-OH is 1. The highest BCUT2D eigenvalue weighted by Crippen LogP contribution is 2.59. The summed E-state index contributed by atoms with van der Waals surface area (Å²) in [5, 5.41) is 11.1. The molecule has 1 saturated carbocycles. The van der Waals surface area contributed by atoms with Crippen LogP contribution >= 0.6 is 0 Å². The largest absolute Gasteiger partial charge is 0.507 e. The Morgan fingerprint density at radius 3 is 2.77 bits per heavy atom. The Hall–Kier alpha value is -3.21. The van der Waals surface area contributed by atoms with Gasteiger partial charge in [-0.15, -0.1) is 0 Å². The van der Waals surface area contributed by atoms with E-state index < -0.39 is 5.72 Å². The van der Waals surface area contributed by atoms with Gasteiger partial charge in [-0.2, -0.15) is 0 Å². The highest BCUT2D eigenvalue weighted by molar-refractivity contribution is 5.98. The molecule has 3 unspecified atom stereocenters. The lowest BCUT2D eigenvalue weighted by Gasteiger charge is -2.54. The maximum atomic E-state index is 13.4. The van der Waals surface area contributed by atoms with Gasteiger partial charge in [0.15, 0.2) is 5.72 Å². The molecule has 2 aliphatic heterocycles. The van der Waals surface area contributed by atoms with Gasteiger partial charge in [0, 0.05) is 30.9 Å². The summed E-state index contributed by atoms with van der Waals surface area (Å²) in [6, 6.07) is 15.5. The summed E-state index contributed by atoms with van der Waals surface area (Å²) >= 11 is 0. The van der Waals surface area contributed by atoms with Gasteiger partial charge in [-0.1, -0.05) is 36.4 Å². The number of aliphatic hydroxyl groups is 1. The standard InChI is InChI=1S/C25H25NO4/c1-26-24(28)23(20(27)14-11-16-9-12-17(29-2)13-10-16)22-18-6-3-4-8-21(18)30-25(26)15-5-7-19(22)25/h3-4,6,8-14,19,22,27H,5,7,15H2,1-2H3/b14-11+,23-20-. The lowest BCUT2D eigenvalue weighted by atomic mass is 9.69. The van der Waals surface area contributed by atoms with Gasteiger partial charge in [0.1, 0.15) is 17.3 Å². The first-order valence-corrected chi connectivity index (χ1v) is 10.4. The molecule has 1 amide bonds. The smallest absolute Gasteiger partial charge is 0.256 e. The van der Waals surface area contributed by atoms with E-state index in [0.717, 1.165) is 41.9 Å². The molecule has 2 aromatic rings. The summed E-state index contributed by atoms with van der Waals surface area (Å²) in [4.78, 5) is 15.1. The average Bonchev–Trinajstić information content (AvgIpc) is 3.22. The number of hydrogen-bond donors (Lipinski definition) is 1. The summed E-state index contributed by atoms with van der Waals surface area (Å²) in [6.07, 6.45) is 6.23. The van der Waals surface area contributed by atoms with Gasteiger partial charge >= 0.3 is 0 Å². The molecule has 0 aromatic heterocycles. The zero-order valence-corrected chi connectivity index (χ0v) is 17.2. The van der Waals surface area contributed by atoms with E-state index in [1.807, 2.05) is 54.6 Å². The maximum Gasteiger partial charge on any atom is 0.256 e. The number of likely N-dealkylation sites (tertiary alicyclic amines) is 1. The van der Waals surface area contributed by atoms with Gasteiger partial charge in [0.05, 0.1) is 12.7 Å². The number of carbonyl (C=O) groups is 1. The van der Waals surface area contributed by atoms with Crippen LogP contribution in [0.1, 0.15) is 36.3 Å². The molecule has 3 aliphatic rings. The van der Waals surface area contributed by atoms with E-state index in [9.17, 15) is 9.90 Å². The van der Waals surface area contributed by atoms with Crippen molar-refractivity contribution in [2.75, 3.05) is 14.2 Å². The number of rotatable bonds is 3. The molecule has 1 saturated heterocycles. The third-order valence-electron chi connectivity index (χ3n) is 6.81. The first-order valence-electron chi connectivity index (χ1n) is 10.4. The molecule has 3 atom stereocenters. The quantitative estimate of drug-likeness (QED) is 0.598. The second-order valence-electron chi connectivity index (χ2n) is 8.23. The molecule has 0 radical (unpaired) electrons. The summed E-state index contributed by atoms with van der Waals surface area (Å²) in [5.74, 6) is 1.41. The Balaban J connectivity index is 1.60. The van der Waals surface area contributed by atoms with Crippen molar-refractivity contribution in [2.24, 2.45) is 5.92 Å². The van der Waals surface area contributed by atoms with E-state index in [4.69, 9.17) is 9.47 Å². The molecule has 30 heavy (non-hydrogen) atoms. The van der Waals surface area contributed by atoms with Crippen LogP contribution in [0.4, 0.5) is 0 Å². The number of allylic oxidation sites excluding steroid dienone is 1. The van der Waals surface area contributed by atoms with Crippen molar-refractivity contribution in [2.45, 2.75) is 30.9 Å². The first kappa shape index (κ1) is 18.8. The van der Waals surface area contributed by atoms with Crippen LogP contribution in [-0.2, 0) is 4.79 Å². The number of benzene rings is 2. The van der Waals surface area contributed by atoms with Gasteiger partial charge in [-0.3, -0.25) is 4.79 Å². The number of methoxy groups -OCH3 is 1. The Labute approximate surface area is 176 Å².